The van der Waals surface area contributed by atoms with Crippen LogP contribution in [0.25, 0.3) is 0 Å². The van der Waals surface area contributed by atoms with E-state index in [0.29, 0.717) is 17.7 Å². The van der Waals surface area contributed by atoms with Gasteiger partial charge in [0.25, 0.3) is 0 Å². The number of esters is 1. The number of hydrogen-bond acceptors (Lipinski definition) is 3. The van der Waals surface area contributed by atoms with Crippen molar-refractivity contribution in [2.75, 3.05) is 6.61 Å². The zero-order valence-electron chi connectivity index (χ0n) is 10.1. The van der Waals surface area contributed by atoms with Gasteiger partial charge < -0.3 is 9.84 Å². The quantitative estimate of drug-likeness (QED) is 0.647. The summed E-state index contributed by atoms with van der Waals surface area (Å²) in [7, 11) is 0. The van der Waals surface area contributed by atoms with E-state index in [1.165, 1.54) is 0 Å². The van der Waals surface area contributed by atoms with Gasteiger partial charge in [-0.2, -0.15) is 0 Å². The summed E-state index contributed by atoms with van der Waals surface area (Å²) < 4.78 is 4.74. The molecule has 18 heavy (non-hydrogen) atoms. The Bertz CT molecular complexity index is 494. The normalized spacial score (nSPS) is 9.17. The first kappa shape index (κ1) is 13.8. The molecule has 0 spiro atoms. The van der Waals surface area contributed by atoms with Gasteiger partial charge in [-0.25, -0.2) is 0 Å². The summed E-state index contributed by atoms with van der Waals surface area (Å²) in [5.74, 6) is 4.26. The topological polar surface area (TPSA) is 63.6 Å². The number of hydrogen-bond donors (Lipinski definition) is 1. The Balaban J connectivity index is 2.64. The maximum Gasteiger partial charge on any atom is 0.317 e. The molecule has 0 radical (unpaired) electrons. The first-order chi connectivity index (χ1) is 8.61. The van der Waals surface area contributed by atoms with Crippen LogP contribution in [0.3, 0.4) is 0 Å². The molecule has 0 aromatic heterocycles. The molecule has 0 amide bonds. The summed E-state index contributed by atoms with van der Waals surface area (Å²) in [5, 5.41) is 8.67. The average Bonchev–Trinajstić information content (AvgIpc) is 2.29. The Morgan fingerprint density at radius 2 is 2.17 bits per heavy atom. The van der Waals surface area contributed by atoms with Crippen LogP contribution in [0, 0.1) is 11.8 Å². The van der Waals surface area contributed by atoms with Gasteiger partial charge in [0.1, 0.15) is 6.42 Å². The van der Waals surface area contributed by atoms with Crippen molar-refractivity contribution in [3.8, 4) is 11.8 Å². The highest BCUT2D eigenvalue weighted by molar-refractivity contribution is 5.72. The van der Waals surface area contributed by atoms with Gasteiger partial charge in [-0.3, -0.25) is 9.59 Å². The van der Waals surface area contributed by atoms with E-state index in [1.54, 1.807) is 31.2 Å². The fraction of sp³-hybridized carbons (Fsp3) is 0.286. The van der Waals surface area contributed by atoms with E-state index >= 15 is 0 Å². The van der Waals surface area contributed by atoms with Gasteiger partial charge in [-0.1, -0.05) is 24.0 Å². The van der Waals surface area contributed by atoms with Gasteiger partial charge in [0, 0.05) is 5.56 Å². The van der Waals surface area contributed by atoms with Crippen LogP contribution in [0.15, 0.2) is 24.3 Å². The van der Waals surface area contributed by atoms with Crippen molar-refractivity contribution in [2.45, 2.75) is 19.8 Å². The molecule has 0 saturated heterocycles. The summed E-state index contributed by atoms with van der Waals surface area (Å²) in [6.45, 7) is 2.08. The largest absolute Gasteiger partial charge is 0.481 e. The summed E-state index contributed by atoms with van der Waals surface area (Å²) in [4.78, 5) is 21.6. The predicted octanol–water partition coefficient (Wildman–Crippen LogP) is 1.62. The van der Waals surface area contributed by atoms with Gasteiger partial charge in [0.15, 0.2) is 0 Å². The van der Waals surface area contributed by atoms with E-state index in [0.717, 1.165) is 0 Å². The number of carboxylic acid groups (broad SMARTS) is 1. The van der Waals surface area contributed by atoms with E-state index < -0.39 is 5.97 Å². The van der Waals surface area contributed by atoms with Gasteiger partial charge in [-0.05, 0) is 24.6 Å². The third-order valence-electron chi connectivity index (χ3n) is 2.05. The second kappa shape index (κ2) is 7.13. The lowest BCUT2D eigenvalue weighted by Gasteiger charge is -1.97. The number of rotatable bonds is 4. The smallest absolute Gasteiger partial charge is 0.317 e. The molecule has 0 atom stereocenters. The molecular formula is C14H14O4. The molecular weight excluding hydrogens is 232 g/mol. The Kier molecular flexibility index (Phi) is 5.46. The van der Waals surface area contributed by atoms with Crippen molar-refractivity contribution in [2.24, 2.45) is 0 Å². The van der Waals surface area contributed by atoms with Crippen molar-refractivity contribution < 1.29 is 19.4 Å². The Morgan fingerprint density at radius 3 is 2.83 bits per heavy atom. The molecule has 1 aromatic rings. The Labute approximate surface area is 106 Å². The molecule has 0 aliphatic rings. The van der Waals surface area contributed by atoms with E-state index in [1.807, 2.05) is 0 Å². The molecule has 94 valence electrons. The van der Waals surface area contributed by atoms with E-state index in [9.17, 15) is 9.59 Å². The highest BCUT2D eigenvalue weighted by Crippen LogP contribution is 2.05. The maximum atomic E-state index is 11.0. The molecule has 0 unspecified atom stereocenters. The van der Waals surface area contributed by atoms with Crippen LogP contribution in [0.4, 0.5) is 0 Å². The Morgan fingerprint density at radius 1 is 1.39 bits per heavy atom. The van der Waals surface area contributed by atoms with Crippen LogP contribution in [-0.2, 0) is 20.7 Å². The summed E-state index contributed by atoms with van der Waals surface area (Å²) >= 11 is 0. The number of aliphatic carboxylic acids is 1. The lowest BCUT2D eigenvalue weighted by molar-refractivity contribution is -0.142. The van der Waals surface area contributed by atoms with Crippen molar-refractivity contribution in [3.63, 3.8) is 0 Å². The lowest BCUT2D eigenvalue weighted by atomic mass is 10.1. The highest BCUT2D eigenvalue weighted by atomic mass is 16.5. The standard InChI is InChI=1S/C14H14O4/c1-2-18-14(17)8-4-6-11-5-3-7-12(9-11)10-13(15)16/h3,5,7,9H,2,8,10H2,1H3,(H,15,16). The molecule has 4 nitrogen and oxygen atoms in total. The molecule has 1 aromatic carbocycles. The van der Waals surface area contributed by atoms with Crippen LogP contribution in [0.1, 0.15) is 24.5 Å². The SMILES string of the molecule is CCOC(=O)CC#Cc1cccc(CC(=O)O)c1. The van der Waals surface area contributed by atoms with Gasteiger partial charge in [0.05, 0.1) is 13.0 Å². The second-order valence-electron chi connectivity index (χ2n) is 3.55. The maximum absolute atomic E-state index is 11.0. The fourth-order valence-corrected chi connectivity index (χ4v) is 1.36. The zero-order chi connectivity index (χ0) is 13.4. The predicted molar refractivity (Wildman–Crippen MR) is 65.9 cm³/mol. The second-order valence-corrected chi connectivity index (χ2v) is 3.55. The summed E-state index contributed by atoms with van der Waals surface area (Å²) in [6.07, 6.45) is 0.00436. The lowest BCUT2D eigenvalue weighted by Crippen LogP contribution is -2.01. The van der Waals surface area contributed by atoms with Gasteiger partial charge in [-0.15, -0.1) is 0 Å². The molecule has 4 heteroatoms. The monoisotopic (exact) mass is 246 g/mol. The minimum absolute atomic E-state index is 0.0343. The van der Waals surface area contributed by atoms with Crippen molar-refractivity contribution in [3.05, 3.63) is 35.4 Å². The van der Waals surface area contributed by atoms with Crippen molar-refractivity contribution in [1.82, 2.24) is 0 Å². The van der Waals surface area contributed by atoms with Crippen LogP contribution in [0.2, 0.25) is 0 Å². The average molecular weight is 246 g/mol. The zero-order valence-corrected chi connectivity index (χ0v) is 10.1. The first-order valence-corrected chi connectivity index (χ1v) is 5.57. The summed E-state index contributed by atoms with van der Waals surface area (Å²) in [5.41, 5.74) is 1.38. The van der Waals surface area contributed by atoms with Gasteiger partial charge >= 0.3 is 11.9 Å². The van der Waals surface area contributed by atoms with E-state index in [-0.39, 0.29) is 18.8 Å². The molecule has 0 aliphatic heterocycles. The van der Waals surface area contributed by atoms with E-state index in [2.05, 4.69) is 11.8 Å². The number of benzene rings is 1. The first-order valence-electron chi connectivity index (χ1n) is 5.57. The van der Waals surface area contributed by atoms with Crippen molar-refractivity contribution >= 4 is 11.9 Å². The van der Waals surface area contributed by atoms with Crippen molar-refractivity contribution in [1.29, 1.82) is 0 Å². The molecule has 0 saturated carbocycles. The number of carbonyl (C=O) groups excluding carboxylic acids is 1. The summed E-state index contributed by atoms with van der Waals surface area (Å²) in [6, 6.07) is 6.94. The van der Waals surface area contributed by atoms with Gasteiger partial charge in [0.2, 0.25) is 0 Å². The molecule has 0 bridgehead atoms. The number of ether oxygens (including phenoxy) is 1. The minimum Gasteiger partial charge on any atom is -0.481 e. The van der Waals surface area contributed by atoms with Crippen LogP contribution in [0.5, 0.6) is 0 Å². The Hall–Kier alpha value is -2.28. The molecule has 0 aliphatic carbocycles. The number of carbonyl (C=O) groups is 2. The highest BCUT2D eigenvalue weighted by Gasteiger charge is 2.00. The molecule has 0 heterocycles. The minimum atomic E-state index is -0.883. The van der Waals surface area contributed by atoms with Crippen LogP contribution < -0.4 is 0 Å². The third kappa shape index (κ3) is 5.17. The number of carboxylic acids is 1. The third-order valence-corrected chi connectivity index (χ3v) is 2.05. The molecule has 1 rings (SSSR count). The van der Waals surface area contributed by atoms with E-state index in [4.69, 9.17) is 9.84 Å². The van der Waals surface area contributed by atoms with Crippen LogP contribution in [-0.4, -0.2) is 23.7 Å². The fourth-order valence-electron chi connectivity index (χ4n) is 1.36. The van der Waals surface area contributed by atoms with Crippen LogP contribution >= 0.6 is 0 Å². The molecule has 1 N–H and O–H groups in total. The molecule has 0 fully saturated rings.